The molecule has 0 spiro atoms. The average Bonchev–Trinajstić information content (AvgIpc) is 3.39. The second-order valence-electron chi connectivity index (χ2n) is 7.91. The molecule has 1 aromatic heterocycles. The van der Waals surface area contributed by atoms with E-state index in [0.29, 0.717) is 6.04 Å². The van der Waals surface area contributed by atoms with Crippen molar-refractivity contribution in [3.8, 4) is 11.3 Å². The van der Waals surface area contributed by atoms with Crippen LogP contribution >= 0.6 is 0 Å². The molecule has 0 aliphatic carbocycles. The second-order valence-corrected chi connectivity index (χ2v) is 7.91. The predicted molar refractivity (Wildman–Crippen MR) is 111 cm³/mol. The monoisotopic (exact) mass is 366 g/mol. The van der Waals surface area contributed by atoms with Crippen molar-refractivity contribution >= 4 is 10.8 Å². The highest BCUT2D eigenvalue weighted by Gasteiger charge is 2.41. The average molecular weight is 366 g/mol. The van der Waals surface area contributed by atoms with E-state index in [4.69, 9.17) is 0 Å². The maximum atomic E-state index is 4.62. The lowest BCUT2D eigenvalue weighted by molar-refractivity contribution is 0.147. The summed E-state index contributed by atoms with van der Waals surface area (Å²) < 4.78 is 2.16. The minimum absolute atomic E-state index is 0.205. The van der Waals surface area contributed by atoms with Crippen LogP contribution in [-0.2, 0) is 6.54 Å². The molecule has 4 aromatic rings. The molecule has 1 fully saturated rings. The van der Waals surface area contributed by atoms with E-state index in [-0.39, 0.29) is 6.04 Å². The van der Waals surface area contributed by atoms with Gasteiger partial charge < -0.3 is 0 Å². The first-order chi connectivity index (χ1) is 13.9. The Morgan fingerprint density at radius 2 is 1.68 bits per heavy atom. The first-order valence-corrected chi connectivity index (χ1v) is 10.1. The topological polar surface area (TPSA) is 34.0 Å². The zero-order chi connectivity index (χ0) is 18.5. The maximum Gasteiger partial charge on any atom is 0.118 e. The van der Waals surface area contributed by atoms with Gasteiger partial charge in [0, 0.05) is 11.6 Å². The van der Waals surface area contributed by atoms with Gasteiger partial charge in [-0.3, -0.25) is 4.90 Å². The first-order valence-electron chi connectivity index (χ1n) is 10.1. The minimum atomic E-state index is 0.205. The van der Waals surface area contributed by atoms with Crippen LogP contribution in [0.3, 0.4) is 0 Å². The Hall–Kier alpha value is -2.98. The molecule has 3 heterocycles. The lowest BCUT2D eigenvalue weighted by Gasteiger charge is -2.38. The highest BCUT2D eigenvalue weighted by molar-refractivity contribution is 5.83. The van der Waals surface area contributed by atoms with Gasteiger partial charge in [0.2, 0.25) is 0 Å². The molecule has 3 aromatic carbocycles. The molecule has 2 atom stereocenters. The standard InChI is InChI=1S/C24H22N4/c1-2-8-18(9-3-1)22-24-23(20-13-12-17-7-4-5-10-19(17)15-20)27-14-6-11-21(27)16-28(24)26-25-22/h1-5,7-10,12-13,15,21,23H,6,11,14,16H2/t21-,23-/m0/s1. The summed E-state index contributed by atoms with van der Waals surface area (Å²) in [6.45, 7) is 2.08. The Kier molecular flexibility index (Phi) is 3.59. The molecule has 4 heteroatoms. The van der Waals surface area contributed by atoms with Crippen molar-refractivity contribution in [2.45, 2.75) is 31.5 Å². The fourth-order valence-corrected chi connectivity index (χ4v) is 5.01. The van der Waals surface area contributed by atoms with Crippen LogP contribution in [-0.4, -0.2) is 32.5 Å². The largest absolute Gasteiger partial charge is 0.286 e. The van der Waals surface area contributed by atoms with Gasteiger partial charge in [0.15, 0.2) is 0 Å². The van der Waals surface area contributed by atoms with Gasteiger partial charge in [-0.1, -0.05) is 71.9 Å². The van der Waals surface area contributed by atoms with Crippen LogP contribution < -0.4 is 0 Å². The summed E-state index contributed by atoms with van der Waals surface area (Å²) in [7, 11) is 0. The van der Waals surface area contributed by atoms with Crippen LogP contribution in [0.5, 0.6) is 0 Å². The zero-order valence-electron chi connectivity index (χ0n) is 15.7. The molecule has 2 aliphatic heterocycles. The zero-order valence-corrected chi connectivity index (χ0v) is 15.7. The number of aromatic nitrogens is 3. The van der Waals surface area contributed by atoms with Crippen LogP contribution in [0.1, 0.15) is 30.1 Å². The van der Waals surface area contributed by atoms with E-state index >= 15 is 0 Å². The molecule has 138 valence electrons. The van der Waals surface area contributed by atoms with Crippen molar-refractivity contribution < 1.29 is 0 Å². The summed E-state index contributed by atoms with van der Waals surface area (Å²) in [6, 6.07) is 26.7. The van der Waals surface area contributed by atoms with E-state index < -0.39 is 0 Å². The van der Waals surface area contributed by atoms with Crippen molar-refractivity contribution in [3.05, 3.63) is 84.1 Å². The lowest BCUT2D eigenvalue weighted by atomic mass is 9.93. The summed E-state index contributed by atoms with van der Waals surface area (Å²) >= 11 is 0. The summed E-state index contributed by atoms with van der Waals surface area (Å²) in [5, 5.41) is 11.8. The van der Waals surface area contributed by atoms with Crippen molar-refractivity contribution in [1.29, 1.82) is 0 Å². The number of fused-ring (bicyclic) bond motifs is 3. The molecular weight excluding hydrogens is 344 g/mol. The first kappa shape index (κ1) is 16.0. The highest BCUT2D eigenvalue weighted by Crippen LogP contribution is 2.42. The molecule has 1 saturated heterocycles. The molecule has 0 unspecified atom stereocenters. The van der Waals surface area contributed by atoms with Gasteiger partial charge in [-0.05, 0) is 41.8 Å². The van der Waals surface area contributed by atoms with Gasteiger partial charge in [-0.2, -0.15) is 0 Å². The summed E-state index contributed by atoms with van der Waals surface area (Å²) in [6.07, 6.45) is 2.50. The number of benzene rings is 3. The van der Waals surface area contributed by atoms with Crippen molar-refractivity contribution in [2.24, 2.45) is 0 Å². The Labute approximate surface area is 164 Å². The SMILES string of the molecule is c1ccc(-c2nnn3c2[C@H](c2ccc4ccccc4c2)N2CCC[C@H]2C3)cc1. The quantitative estimate of drug-likeness (QED) is 0.517. The summed E-state index contributed by atoms with van der Waals surface area (Å²) in [5.74, 6) is 0. The van der Waals surface area contributed by atoms with Crippen LogP contribution in [0.4, 0.5) is 0 Å². The van der Waals surface area contributed by atoms with Crippen LogP contribution in [0, 0.1) is 0 Å². The predicted octanol–water partition coefficient (Wildman–Crippen LogP) is 4.67. The Morgan fingerprint density at radius 3 is 2.57 bits per heavy atom. The summed E-state index contributed by atoms with van der Waals surface area (Å²) in [4.78, 5) is 2.68. The van der Waals surface area contributed by atoms with E-state index in [0.717, 1.165) is 24.3 Å². The second kappa shape index (κ2) is 6.28. The highest BCUT2D eigenvalue weighted by atomic mass is 15.5. The normalized spacial score (nSPS) is 21.6. The van der Waals surface area contributed by atoms with E-state index in [9.17, 15) is 0 Å². The Morgan fingerprint density at radius 1 is 0.857 bits per heavy atom. The maximum absolute atomic E-state index is 4.62. The van der Waals surface area contributed by atoms with Crippen molar-refractivity contribution in [2.75, 3.05) is 6.54 Å². The van der Waals surface area contributed by atoms with Crippen LogP contribution in [0.25, 0.3) is 22.0 Å². The fourth-order valence-electron chi connectivity index (χ4n) is 5.01. The van der Waals surface area contributed by atoms with Gasteiger partial charge in [-0.15, -0.1) is 5.10 Å². The van der Waals surface area contributed by atoms with Gasteiger partial charge in [0.25, 0.3) is 0 Å². The number of hydrogen-bond donors (Lipinski definition) is 0. The van der Waals surface area contributed by atoms with Crippen molar-refractivity contribution in [1.82, 2.24) is 19.9 Å². The van der Waals surface area contributed by atoms with Gasteiger partial charge in [0.1, 0.15) is 5.69 Å². The third kappa shape index (κ3) is 2.41. The number of hydrogen-bond acceptors (Lipinski definition) is 3. The number of nitrogens with zero attached hydrogens (tertiary/aromatic N) is 4. The third-order valence-electron chi connectivity index (χ3n) is 6.31. The molecule has 4 nitrogen and oxygen atoms in total. The van der Waals surface area contributed by atoms with Gasteiger partial charge in [0.05, 0.1) is 18.3 Å². The molecule has 2 aliphatic rings. The molecule has 0 bridgehead atoms. The Bertz CT molecular complexity index is 1150. The van der Waals surface area contributed by atoms with Crippen molar-refractivity contribution in [3.63, 3.8) is 0 Å². The van der Waals surface area contributed by atoms with E-state index in [2.05, 4.69) is 92.7 Å². The van der Waals surface area contributed by atoms with Gasteiger partial charge >= 0.3 is 0 Å². The molecule has 6 rings (SSSR count). The third-order valence-corrected chi connectivity index (χ3v) is 6.31. The molecule has 0 saturated carbocycles. The molecule has 0 N–H and O–H groups in total. The number of rotatable bonds is 2. The molecular formula is C24H22N4. The summed E-state index contributed by atoms with van der Waals surface area (Å²) in [5.41, 5.74) is 4.74. The minimum Gasteiger partial charge on any atom is -0.286 e. The van der Waals surface area contributed by atoms with Crippen LogP contribution in [0.2, 0.25) is 0 Å². The fraction of sp³-hybridized carbons (Fsp3) is 0.250. The van der Waals surface area contributed by atoms with Gasteiger partial charge in [-0.25, -0.2) is 4.68 Å². The van der Waals surface area contributed by atoms with E-state index in [1.165, 1.54) is 34.9 Å². The molecule has 28 heavy (non-hydrogen) atoms. The van der Waals surface area contributed by atoms with E-state index in [1.54, 1.807) is 0 Å². The lowest BCUT2D eigenvalue weighted by Crippen LogP contribution is -2.43. The Balaban J connectivity index is 1.56. The van der Waals surface area contributed by atoms with E-state index in [1.807, 2.05) is 0 Å². The van der Waals surface area contributed by atoms with Crippen LogP contribution in [0.15, 0.2) is 72.8 Å². The smallest absolute Gasteiger partial charge is 0.118 e. The molecule has 0 radical (unpaired) electrons. The molecule has 0 amide bonds.